The average molecular weight is 152 g/mol. The molecule has 2 heteroatoms. The van der Waals surface area contributed by atoms with Crippen LogP contribution in [0.25, 0.3) is 0 Å². The molecule has 1 unspecified atom stereocenters. The Kier molecular flexibility index (Phi) is 2.90. The van der Waals surface area contributed by atoms with E-state index in [1.807, 2.05) is 19.1 Å². The highest BCUT2D eigenvalue weighted by molar-refractivity contribution is 5.71. The van der Waals surface area contributed by atoms with Crippen molar-refractivity contribution in [3.63, 3.8) is 0 Å². The number of rotatable bonds is 3. The molecule has 2 nitrogen and oxygen atoms in total. The molecule has 0 aromatic carbocycles. The molecule has 0 aromatic heterocycles. The fourth-order valence-corrected chi connectivity index (χ4v) is 0.933. The number of allylic oxidation sites excluding steroid dienone is 2. The molecule has 1 aliphatic rings. The van der Waals surface area contributed by atoms with Gasteiger partial charge in [-0.25, -0.2) is 0 Å². The molecule has 0 aliphatic carbocycles. The van der Waals surface area contributed by atoms with E-state index in [0.717, 1.165) is 24.9 Å². The first-order chi connectivity index (χ1) is 5.33. The fourth-order valence-electron chi connectivity index (χ4n) is 0.933. The summed E-state index contributed by atoms with van der Waals surface area (Å²) in [5.74, 6) is 0.463. The van der Waals surface area contributed by atoms with E-state index in [0.29, 0.717) is 5.92 Å². The first-order valence-electron chi connectivity index (χ1n) is 3.73. The molecule has 0 bridgehead atoms. The highest BCUT2D eigenvalue weighted by Crippen LogP contribution is 2.13. The Morgan fingerprint density at radius 1 is 1.82 bits per heavy atom. The molecule has 1 atom stereocenters. The van der Waals surface area contributed by atoms with Crippen molar-refractivity contribution >= 4 is 6.29 Å². The second kappa shape index (κ2) is 3.96. The summed E-state index contributed by atoms with van der Waals surface area (Å²) in [6.45, 7) is 2.56. The zero-order chi connectivity index (χ0) is 8.10. The predicted molar refractivity (Wildman–Crippen MR) is 43.0 cm³/mol. The second-order valence-corrected chi connectivity index (χ2v) is 2.72. The van der Waals surface area contributed by atoms with Crippen LogP contribution in [-0.4, -0.2) is 12.9 Å². The van der Waals surface area contributed by atoms with Gasteiger partial charge in [-0.3, -0.25) is 4.79 Å². The number of ether oxygens (including phenoxy) is 1. The number of hydrogen-bond donors (Lipinski definition) is 0. The van der Waals surface area contributed by atoms with Crippen LogP contribution in [0.3, 0.4) is 0 Å². The third kappa shape index (κ3) is 2.58. The minimum atomic E-state index is 0.463. The molecule has 1 rings (SSSR count). The van der Waals surface area contributed by atoms with Crippen molar-refractivity contribution in [2.75, 3.05) is 6.61 Å². The first-order valence-corrected chi connectivity index (χ1v) is 3.73. The zero-order valence-electron chi connectivity index (χ0n) is 6.62. The maximum absolute atomic E-state index is 10.2. The lowest BCUT2D eigenvalue weighted by molar-refractivity contribution is -0.104. The number of carbonyl (C=O) groups excluding carboxylic acids is 1. The largest absolute Gasteiger partial charge is 0.501 e. The summed E-state index contributed by atoms with van der Waals surface area (Å²) in [5.41, 5.74) is 0.797. The molecule has 60 valence electrons. The minimum absolute atomic E-state index is 0.463. The van der Waals surface area contributed by atoms with Crippen LogP contribution in [0, 0.1) is 5.92 Å². The monoisotopic (exact) mass is 152 g/mol. The SMILES string of the molecule is C/C(C=O)=C\CC1C=COC1. The van der Waals surface area contributed by atoms with Gasteiger partial charge < -0.3 is 4.74 Å². The lowest BCUT2D eigenvalue weighted by Crippen LogP contribution is -1.96. The molecule has 0 aromatic rings. The van der Waals surface area contributed by atoms with Gasteiger partial charge in [0.25, 0.3) is 0 Å². The van der Waals surface area contributed by atoms with Crippen LogP contribution >= 0.6 is 0 Å². The summed E-state index contributed by atoms with van der Waals surface area (Å²) in [5, 5.41) is 0. The van der Waals surface area contributed by atoms with E-state index in [4.69, 9.17) is 4.74 Å². The maximum atomic E-state index is 10.2. The van der Waals surface area contributed by atoms with E-state index in [1.54, 1.807) is 6.26 Å². The van der Waals surface area contributed by atoms with Crippen molar-refractivity contribution < 1.29 is 9.53 Å². The van der Waals surface area contributed by atoms with Crippen LogP contribution in [0.1, 0.15) is 13.3 Å². The smallest absolute Gasteiger partial charge is 0.145 e. The van der Waals surface area contributed by atoms with Gasteiger partial charge in [0.2, 0.25) is 0 Å². The standard InChI is InChI=1S/C9H12O2/c1-8(6-10)2-3-9-4-5-11-7-9/h2,4-6,9H,3,7H2,1H3/b8-2+. The molecule has 0 amide bonds. The summed E-state index contributed by atoms with van der Waals surface area (Å²) >= 11 is 0. The molecule has 0 spiro atoms. The minimum Gasteiger partial charge on any atom is -0.501 e. The van der Waals surface area contributed by atoms with Gasteiger partial charge in [0.05, 0.1) is 12.9 Å². The van der Waals surface area contributed by atoms with E-state index in [1.165, 1.54) is 0 Å². The van der Waals surface area contributed by atoms with E-state index < -0.39 is 0 Å². The highest BCUT2D eigenvalue weighted by atomic mass is 16.5. The highest BCUT2D eigenvalue weighted by Gasteiger charge is 2.07. The fraction of sp³-hybridized carbons (Fsp3) is 0.444. The predicted octanol–water partition coefficient (Wildman–Crippen LogP) is 1.68. The Labute approximate surface area is 66.5 Å². The molecule has 0 fully saturated rings. The van der Waals surface area contributed by atoms with Crippen molar-refractivity contribution in [1.82, 2.24) is 0 Å². The summed E-state index contributed by atoms with van der Waals surface area (Å²) in [6, 6.07) is 0. The molecule has 11 heavy (non-hydrogen) atoms. The Balaban J connectivity index is 2.31. The number of carbonyl (C=O) groups is 1. The second-order valence-electron chi connectivity index (χ2n) is 2.72. The molecular weight excluding hydrogens is 140 g/mol. The van der Waals surface area contributed by atoms with Gasteiger partial charge in [-0.2, -0.15) is 0 Å². The summed E-state index contributed by atoms with van der Waals surface area (Å²) in [4.78, 5) is 10.2. The van der Waals surface area contributed by atoms with Crippen molar-refractivity contribution in [1.29, 1.82) is 0 Å². The average Bonchev–Trinajstić information content (AvgIpc) is 2.52. The van der Waals surface area contributed by atoms with E-state index in [9.17, 15) is 4.79 Å². The molecule has 0 N–H and O–H groups in total. The van der Waals surface area contributed by atoms with Gasteiger partial charge >= 0.3 is 0 Å². The van der Waals surface area contributed by atoms with E-state index in [2.05, 4.69) is 0 Å². The van der Waals surface area contributed by atoms with E-state index in [-0.39, 0.29) is 0 Å². The summed E-state index contributed by atoms with van der Waals surface area (Å²) < 4.78 is 5.02. The quantitative estimate of drug-likeness (QED) is 0.454. The first kappa shape index (κ1) is 8.05. The van der Waals surface area contributed by atoms with Gasteiger partial charge in [0.15, 0.2) is 0 Å². The molecular formula is C9H12O2. The van der Waals surface area contributed by atoms with Crippen LogP contribution < -0.4 is 0 Å². The molecule has 0 radical (unpaired) electrons. The lowest BCUT2D eigenvalue weighted by Gasteiger charge is -2.00. The third-order valence-electron chi connectivity index (χ3n) is 1.69. The Morgan fingerprint density at radius 3 is 3.18 bits per heavy atom. The number of aldehydes is 1. The van der Waals surface area contributed by atoms with Crippen molar-refractivity contribution in [3.8, 4) is 0 Å². The van der Waals surface area contributed by atoms with Crippen LogP contribution in [0.5, 0.6) is 0 Å². The topological polar surface area (TPSA) is 26.3 Å². The van der Waals surface area contributed by atoms with Crippen molar-refractivity contribution in [2.24, 2.45) is 5.92 Å². The van der Waals surface area contributed by atoms with Gasteiger partial charge in [0, 0.05) is 5.92 Å². The van der Waals surface area contributed by atoms with Crippen molar-refractivity contribution in [2.45, 2.75) is 13.3 Å². The van der Waals surface area contributed by atoms with Crippen LogP contribution in [-0.2, 0) is 9.53 Å². The molecule has 1 aliphatic heterocycles. The van der Waals surface area contributed by atoms with Crippen molar-refractivity contribution in [3.05, 3.63) is 24.0 Å². The maximum Gasteiger partial charge on any atom is 0.145 e. The lowest BCUT2D eigenvalue weighted by atomic mass is 10.1. The summed E-state index contributed by atoms with van der Waals surface area (Å²) in [6.07, 6.45) is 7.46. The molecule has 0 saturated heterocycles. The van der Waals surface area contributed by atoms with Gasteiger partial charge in [-0.05, 0) is 25.0 Å². The van der Waals surface area contributed by atoms with E-state index >= 15 is 0 Å². The van der Waals surface area contributed by atoms with Gasteiger partial charge in [-0.1, -0.05) is 6.08 Å². The molecule has 0 saturated carbocycles. The van der Waals surface area contributed by atoms with Crippen LogP contribution in [0.4, 0.5) is 0 Å². The number of hydrogen-bond acceptors (Lipinski definition) is 2. The molecule has 1 heterocycles. The Hall–Kier alpha value is -1.05. The summed E-state index contributed by atoms with van der Waals surface area (Å²) in [7, 11) is 0. The van der Waals surface area contributed by atoms with Crippen LogP contribution in [0.2, 0.25) is 0 Å². The Morgan fingerprint density at radius 2 is 2.64 bits per heavy atom. The Bertz CT molecular complexity index is 192. The normalized spacial score (nSPS) is 23.4. The van der Waals surface area contributed by atoms with Gasteiger partial charge in [0.1, 0.15) is 6.29 Å². The van der Waals surface area contributed by atoms with Crippen LogP contribution in [0.15, 0.2) is 24.0 Å². The third-order valence-corrected chi connectivity index (χ3v) is 1.69. The zero-order valence-corrected chi connectivity index (χ0v) is 6.62. The van der Waals surface area contributed by atoms with Gasteiger partial charge in [-0.15, -0.1) is 0 Å².